The van der Waals surface area contributed by atoms with E-state index < -0.39 is 54.1 Å². The Morgan fingerprint density at radius 3 is 2.48 bits per heavy atom. The van der Waals surface area contributed by atoms with Gasteiger partial charge in [0.05, 0.1) is 16.6 Å². The van der Waals surface area contributed by atoms with Gasteiger partial charge in [-0.3, -0.25) is 14.7 Å². The summed E-state index contributed by atoms with van der Waals surface area (Å²) in [7, 11) is -3.32. The largest absolute Gasteiger partial charge is 0.461 e. The summed E-state index contributed by atoms with van der Waals surface area (Å²) in [4.78, 5) is 25.9. The fraction of sp³-hybridized carbons (Fsp3) is 0.368. The van der Waals surface area contributed by atoms with E-state index in [0.717, 1.165) is 12.1 Å². The number of carbonyl (C=O) groups excluding carboxylic acids is 1. The van der Waals surface area contributed by atoms with Crippen LogP contribution in [0.4, 0.5) is 18.9 Å². The Kier molecular flexibility index (Phi) is 8.82. The number of aromatic nitrogens is 1. The van der Waals surface area contributed by atoms with Gasteiger partial charge < -0.3 is 14.0 Å². The van der Waals surface area contributed by atoms with Crippen LogP contribution in [0, 0.1) is 10.1 Å². The van der Waals surface area contributed by atoms with Crippen molar-refractivity contribution in [2.75, 3.05) is 6.61 Å². The zero-order chi connectivity index (χ0) is 24.9. The maximum absolute atomic E-state index is 12.8. The van der Waals surface area contributed by atoms with E-state index in [1.54, 1.807) is 20.8 Å². The van der Waals surface area contributed by atoms with Gasteiger partial charge in [0.15, 0.2) is 6.61 Å². The number of benzene rings is 1. The number of nitro benzene ring substituents is 1. The average molecular weight is 511 g/mol. The molecule has 0 fully saturated rings. The molecule has 1 aromatic carbocycles. The van der Waals surface area contributed by atoms with Crippen molar-refractivity contribution in [3.63, 3.8) is 0 Å². The van der Waals surface area contributed by atoms with Crippen LogP contribution in [0.1, 0.15) is 31.9 Å². The number of aryl methyl sites for hydroxylation is 1. The quantitative estimate of drug-likeness (QED) is 0.198. The summed E-state index contributed by atoms with van der Waals surface area (Å²) in [5.41, 5.74) is -1.35. The van der Waals surface area contributed by atoms with Crippen molar-refractivity contribution < 1.29 is 41.5 Å². The molecule has 180 valence electrons. The Balaban J connectivity index is 2.40. The van der Waals surface area contributed by atoms with Crippen LogP contribution < -0.4 is 10.0 Å². The van der Waals surface area contributed by atoms with Crippen LogP contribution in [0.15, 0.2) is 24.4 Å². The number of halogens is 4. The fourth-order valence-corrected chi connectivity index (χ4v) is 3.79. The highest BCUT2D eigenvalue weighted by atomic mass is 35.5. The van der Waals surface area contributed by atoms with Crippen molar-refractivity contribution in [2.24, 2.45) is 0 Å². The molecule has 0 aliphatic carbocycles. The maximum atomic E-state index is 12.8. The van der Waals surface area contributed by atoms with Crippen LogP contribution in [-0.2, 0) is 31.2 Å². The number of rotatable bonds is 9. The molecule has 0 aliphatic rings. The van der Waals surface area contributed by atoms with E-state index >= 15 is 0 Å². The van der Waals surface area contributed by atoms with Gasteiger partial charge in [0.25, 0.3) is 5.69 Å². The summed E-state index contributed by atoms with van der Waals surface area (Å²) >= 11 is 5.86. The molecule has 0 saturated carbocycles. The van der Waals surface area contributed by atoms with E-state index in [0.29, 0.717) is 12.3 Å². The number of carbonyl (C=O) groups is 1. The Bertz CT molecular complexity index is 1080. The first-order valence-corrected chi connectivity index (χ1v) is 11.1. The number of hydrogen-bond acceptors (Lipinski definition) is 8. The second-order valence-corrected chi connectivity index (χ2v) is 8.62. The van der Waals surface area contributed by atoms with Crippen LogP contribution in [0.3, 0.4) is 0 Å². The molecule has 1 atom stereocenters. The van der Waals surface area contributed by atoms with Gasteiger partial charge in [-0.2, -0.15) is 13.2 Å². The fourth-order valence-electron chi connectivity index (χ4n) is 2.56. The van der Waals surface area contributed by atoms with Crippen molar-refractivity contribution >= 4 is 36.6 Å². The molecule has 1 aromatic heterocycles. The van der Waals surface area contributed by atoms with Gasteiger partial charge in [-0.15, -0.1) is 0 Å². The van der Waals surface area contributed by atoms with Gasteiger partial charge in [-0.25, -0.2) is 9.78 Å². The molecule has 0 saturated heterocycles. The van der Waals surface area contributed by atoms with Crippen molar-refractivity contribution in [1.82, 2.24) is 4.98 Å². The lowest BCUT2D eigenvalue weighted by atomic mass is 10.1. The smallest absolute Gasteiger partial charge is 0.417 e. The second-order valence-electron chi connectivity index (χ2n) is 6.81. The van der Waals surface area contributed by atoms with Crippen molar-refractivity contribution in [2.45, 2.75) is 39.5 Å². The number of esters is 1. The van der Waals surface area contributed by atoms with Gasteiger partial charge in [0, 0.05) is 23.9 Å². The van der Waals surface area contributed by atoms with E-state index in [4.69, 9.17) is 25.6 Å². The zero-order valence-corrected chi connectivity index (χ0v) is 19.3. The van der Waals surface area contributed by atoms with Crippen LogP contribution in [0.2, 0.25) is 5.02 Å². The van der Waals surface area contributed by atoms with E-state index in [1.807, 2.05) is 0 Å². The Morgan fingerprint density at radius 2 is 1.97 bits per heavy atom. The number of alkyl halides is 3. The van der Waals surface area contributed by atoms with Gasteiger partial charge in [0.2, 0.25) is 13.9 Å². The molecule has 1 unspecified atom stereocenters. The first kappa shape index (κ1) is 26.6. The topological polar surface area (TPSA) is 118 Å². The van der Waals surface area contributed by atoms with Crippen molar-refractivity contribution in [3.8, 4) is 11.6 Å². The summed E-state index contributed by atoms with van der Waals surface area (Å²) in [6.07, 6.45) is -4.37. The standard InChI is InChI=1S/C19H19ClF3N2O7P/c1-4-11-5-14(25(27)28)16(33(29)30-9-17(26)31-10(2)3)7-15(11)32-18-13(20)6-12(8-24-18)19(21,22)23/h5-8,10,33H,4,9H2,1-3H3. The normalized spacial score (nSPS) is 12.5. The molecule has 9 nitrogen and oxygen atoms in total. The Labute approximate surface area is 191 Å². The molecule has 2 aromatic rings. The molecule has 14 heteroatoms. The lowest BCUT2D eigenvalue weighted by Crippen LogP contribution is -2.17. The number of ether oxygens (including phenoxy) is 2. The lowest BCUT2D eigenvalue weighted by molar-refractivity contribution is -0.383. The van der Waals surface area contributed by atoms with E-state index in [1.165, 1.54) is 0 Å². The molecule has 0 amide bonds. The minimum Gasteiger partial charge on any atom is -0.461 e. The molecule has 1 heterocycles. The molecular weight excluding hydrogens is 492 g/mol. The maximum Gasteiger partial charge on any atom is 0.417 e. The molecule has 0 N–H and O–H groups in total. The highest BCUT2D eigenvalue weighted by molar-refractivity contribution is 7.48. The van der Waals surface area contributed by atoms with E-state index in [2.05, 4.69) is 4.98 Å². The van der Waals surface area contributed by atoms with Crippen LogP contribution >= 0.6 is 19.6 Å². The first-order valence-electron chi connectivity index (χ1n) is 9.42. The molecule has 0 spiro atoms. The average Bonchev–Trinajstić information content (AvgIpc) is 2.71. The number of nitrogens with zero attached hydrogens (tertiary/aromatic N) is 2. The third-order valence-corrected chi connectivity index (χ3v) is 5.52. The molecule has 0 bridgehead atoms. The summed E-state index contributed by atoms with van der Waals surface area (Å²) < 4.78 is 66.4. The van der Waals surface area contributed by atoms with Crippen LogP contribution in [0.5, 0.6) is 11.6 Å². The Morgan fingerprint density at radius 1 is 1.30 bits per heavy atom. The van der Waals surface area contributed by atoms with Crippen molar-refractivity contribution in [1.29, 1.82) is 0 Å². The summed E-state index contributed by atoms with van der Waals surface area (Å²) in [6, 6.07) is 2.77. The molecule has 0 radical (unpaired) electrons. The van der Waals surface area contributed by atoms with Gasteiger partial charge in [-0.1, -0.05) is 18.5 Å². The molecule has 0 aliphatic heterocycles. The first-order chi connectivity index (χ1) is 15.3. The van der Waals surface area contributed by atoms with Gasteiger partial charge in [0.1, 0.15) is 16.1 Å². The minimum atomic E-state index is -4.67. The van der Waals surface area contributed by atoms with Gasteiger partial charge >= 0.3 is 12.1 Å². The SMILES string of the molecule is CCc1cc([N+](=O)[O-])c([PH](=O)OCC(=O)OC(C)C)cc1Oc1ncc(C(F)(F)F)cc1Cl. The summed E-state index contributed by atoms with van der Waals surface area (Å²) in [5.74, 6) is -1.27. The third kappa shape index (κ3) is 7.15. The number of nitro groups is 1. The third-order valence-electron chi connectivity index (χ3n) is 4.01. The second kappa shape index (κ2) is 11.0. The highest BCUT2D eigenvalue weighted by Crippen LogP contribution is 2.38. The monoisotopic (exact) mass is 510 g/mol. The highest BCUT2D eigenvalue weighted by Gasteiger charge is 2.32. The summed E-state index contributed by atoms with van der Waals surface area (Å²) in [5, 5.41) is 10.7. The zero-order valence-electron chi connectivity index (χ0n) is 17.6. The van der Waals surface area contributed by atoms with Crippen LogP contribution in [0.25, 0.3) is 0 Å². The lowest BCUT2D eigenvalue weighted by Gasteiger charge is -2.14. The van der Waals surface area contributed by atoms with E-state index in [9.17, 15) is 32.6 Å². The Hall–Kier alpha value is -2.69. The summed E-state index contributed by atoms with van der Waals surface area (Å²) in [6.45, 7) is 4.14. The van der Waals surface area contributed by atoms with Gasteiger partial charge in [-0.05, 0) is 26.3 Å². The molecular formula is C19H19ClF3N2O7P. The number of hydrogen-bond donors (Lipinski definition) is 0. The number of pyridine rings is 1. The predicted octanol–water partition coefficient (Wildman–Crippen LogP) is 5.08. The molecule has 33 heavy (non-hydrogen) atoms. The minimum absolute atomic E-state index is 0.0704. The molecule has 2 rings (SSSR count). The van der Waals surface area contributed by atoms with Crippen molar-refractivity contribution in [3.05, 3.63) is 50.7 Å². The van der Waals surface area contributed by atoms with Crippen LogP contribution in [-0.4, -0.2) is 28.6 Å². The van der Waals surface area contributed by atoms with E-state index in [-0.39, 0.29) is 28.9 Å². The predicted molar refractivity (Wildman–Crippen MR) is 113 cm³/mol.